The predicted molar refractivity (Wildman–Crippen MR) is 78.1 cm³/mol. The Kier molecular flexibility index (Phi) is 4.97. The molecule has 2 atom stereocenters. The standard InChI is InChI=1S/C16H24N2O/c1-18(2)16(19)12-14(13-8-4-3-5-9-13)15-10-6-7-11-17-15/h3-5,8-9,14-15,17H,6-7,10-12H2,1-2H3/t14-,15-/m0/s1. The molecule has 1 saturated heterocycles. The fourth-order valence-electron chi connectivity index (χ4n) is 2.79. The van der Waals surface area contributed by atoms with Crippen molar-refractivity contribution >= 4 is 5.91 Å². The lowest BCUT2D eigenvalue weighted by Gasteiger charge is -2.32. The van der Waals surface area contributed by atoms with Gasteiger partial charge in [-0.15, -0.1) is 0 Å². The van der Waals surface area contributed by atoms with Gasteiger partial charge in [0.1, 0.15) is 0 Å². The topological polar surface area (TPSA) is 32.3 Å². The van der Waals surface area contributed by atoms with Crippen LogP contribution in [-0.2, 0) is 4.79 Å². The monoisotopic (exact) mass is 260 g/mol. The summed E-state index contributed by atoms with van der Waals surface area (Å²) < 4.78 is 0. The lowest BCUT2D eigenvalue weighted by molar-refractivity contribution is -0.129. The summed E-state index contributed by atoms with van der Waals surface area (Å²) in [6, 6.07) is 10.9. The van der Waals surface area contributed by atoms with Gasteiger partial charge in [-0.2, -0.15) is 0 Å². The van der Waals surface area contributed by atoms with Crippen LogP contribution in [0.3, 0.4) is 0 Å². The van der Waals surface area contributed by atoms with E-state index in [-0.39, 0.29) is 11.8 Å². The van der Waals surface area contributed by atoms with Gasteiger partial charge < -0.3 is 10.2 Å². The maximum absolute atomic E-state index is 12.1. The maximum atomic E-state index is 12.1. The molecule has 0 radical (unpaired) electrons. The Balaban J connectivity index is 2.15. The largest absolute Gasteiger partial charge is 0.349 e. The van der Waals surface area contributed by atoms with Crippen molar-refractivity contribution in [1.82, 2.24) is 10.2 Å². The van der Waals surface area contributed by atoms with Gasteiger partial charge in [0.05, 0.1) is 0 Å². The van der Waals surface area contributed by atoms with Crippen LogP contribution in [0, 0.1) is 0 Å². The second-order valence-corrected chi connectivity index (χ2v) is 5.57. The van der Waals surface area contributed by atoms with Crippen molar-refractivity contribution in [3.8, 4) is 0 Å². The minimum absolute atomic E-state index is 0.209. The van der Waals surface area contributed by atoms with Gasteiger partial charge >= 0.3 is 0 Å². The van der Waals surface area contributed by atoms with E-state index in [1.54, 1.807) is 4.90 Å². The zero-order valence-electron chi connectivity index (χ0n) is 11.9. The molecule has 1 aromatic carbocycles. The van der Waals surface area contributed by atoms with Crippen molar-refractivity contribution in [3.63, 3.8) is 0 Å². The van der Waals surface area contributed by atoms with Gasteiger partial charge in [0.15, 0.2) is 0 Å². The number of carbonyl (C=O) groups excluding carboxylic acids is 1. The SMILES string of the molecule is CN(C)C(=O)C[C@@H](c1ccccc1)[C@@H]1CCCCN1. The lowest BCUT2D eigenvalue weighted by atomic mass is 9.84. The molecule has 1 amide bonds. The molecule has 1 N–H and O–H groups in total. The number of amides is 1. The third-order valence-electron chi connectivity index (χ3n) is 3.96. The molecule has 0 spiro atoms. The Morgan fingerprint density at radius 1 is 1.32 bits per heavy atom. The molecule has 0 unspecified atom stereocenters. The summed E-state index contributed by atoms with van der Waals surface area (Å²) in [6.07, 6.45) is 4.27. The number of piperidine rings is 1. The number of carbonyl (C=O) groups is 1. The first-order chi connectivity index (χ1) is 9.18. The van der Waals surface area contributed by atoms with E-state index >= 15 is 0 Å². The van der Waals surface area contributed by atoms with Gasteiger partial charge in [-0.1, -0.05) is 36.8 Å². The fraction of sp³-hybridized carbons (Fsp3) is 0.562. The van der Waals surface area contributed by atoms with Crippen molar-refractivity contribution in [3.05, 3.63) is 35.9 Å². The molecular formula is C16H24N2O. The highest BCUT2D eigenvalue weighted by molar-refractivity contribution is 5.76. The maximum Gasteiger partial charge on any atom is 0.222 e. The number of hydrogen-bond donors (Lipinski definition) is 1. The first-order valence-electron chi connectivity index (χ1n) is 7.17. The van der Waals surface area contributed by atoms with E-state index < -0.39 is 0 Å². The Morgan fingerprint density at radius 2 is 2.05 bits per heavy atom. The van der Waals surface area contributed by atoms with Crippen LogP contribution in [0.5, 0.6) is 0 Å². The molecule has 1 fully saturated rings. The minimum atomic E-state index is 0.209. The average Bonchev–Trinajstić information content (AvgIpc) is 2.46. The molecule has 19 heavy (non-hydrogen) atoms. The number of hydrogen-bond acceptors (Lipinski definition) is 2. The van der Waals surface area contributed by atoms with Gasteiger partial charge in [0.2, 0.25) is 5.91 Å². The average molecular weight is 260 g/mol. The zero-order chi connectivity index (χ0) is 13.7. The smallest absolute Gasteiger partial charge is 0.222 e. The number of nitrogens with zero attached hydrogens (tertiary/aromatic N) is 1. The molecule has 0 aromatic heterocycles. The van der Waals surface area contributed by atoms with Crippen molar-refractivity contribution in [2.75, 3.05) is 20.6 Å². The quantitative estimate of drug-likeness (QED) is 0.901. The molecule has 0 bridgehead atoms. The first-order valence-corrected chi connectivity index (χ1v) is 7.17. The summed E-state index contributed by atoms with van der Waals surface area (Å²) in [5, 5.41) is 3.59. The van der Waals surface area contributed by atoms with E-state index in [9.17, 15) is 4.79 Å². The van der Waals surface area contributed by atoms with Crippen LogP contribution >= 0.6 is 0 Å². The molecule has 0 saturated carbocycles. The van der Waals surface area contributed by atoms with Gasteiger partial charge in [0, 0.05) is 32.5 Å². The molecule has 104 valence electrons. The van der Waals surface area contributed by atoms with Crippen molar-refractivity contribution < 1.29 is 4.79 Å². The van der Waals surface area contributed by atoms with E-state index in [4.69, 9.17) is 0 Å². The molecule has 1 heterocycles. The molecule has 3 nitrogen and oxygen atoms in total. The summed E-state index contributed by atoms with van der Waals surface area (Å²) in [5.74, 6) is 0.498. The molecular weight excluding hydrogens is 236 g/mol. The van der Waals surface area contributed by atoms with E-state index in [1.165, 1.54) is 24.8 Å². The second-order valence-electron chi connectivity index (χ2n) is 5.57. The van der Waals surface area contributed by atoms with E-state index in [1.807, 2.05) is 20.2 Å². The molecule has 1 aliphatic heterocycles. The first kappa shape index (κ1) is 14.1. The predicted octanol–water partition coefficient (Wildman–Crippen LogP) is 2.39. The Bertz CT molecular complexity index is 396. The van der Waals surface area contributed by atoms with Crippen molar-refractivity contribution in [2.24, 2.45) is 0 Å². The summed E-state index contributed by atoms with van der Waals surface area (Å²) in [5.41, 5.74) is 1.28. The molecule has 3 heteroatoms. The Hall–Kier alpha value is -1.35. The van der Waals surface area contributed by atoms with Gasteiger partial charge in [-0.05, 0) is 24.9 Å². The third-order valence-corrected chi connectivity index (χ3v) is 3.96. The highest BCUT2D eigenvalue weighted by Gasteiger charge is 2.27. The van der Waals surface area contributed by atoms with Gasteiger partial charge in [-0.3, -0.25) is 4.79 Å². The van der Waals surface area contributed by atoms with Gasteiger partial charge in [-0.25, -0.2) is 0 Å². The highest BCUT2D eigenvalue weighted by Crippen LogP contribution is 2.28. The summed E-state index contributed by atoms with van der Waals surface area (Å²) in [6.45, 7) is 1.07. The summed E-state index contributed by atoms with van der Waals surface area (Å²) >= 11 is 0. The van der Waals surface area contributed by atoms with E-state index in [0.717, 1.165) is 6.54 Å². The second kappa shape index (κ2) is 6.71. The van der Waals surface area contributed by atoms with E-state index in [2.05, 4.69) is 29.6 Å². The molecule has 1 aliphatic rings. The highest BCUT2D eigenvalue weighted by atomic mass is 16.2. The normalized spacial score (nSPS) is 20.8. The molecule has 1 aromatic rings. The van der Waals surface area contributed by atoms with Crippen molar-refractivity contribution in [2.45, 2.75) is 37.6 Å². The van der Waals surface area contributed by atoms with Crippen LogP contribution in [0.25, 0.3) is 0 Å². The van der Waals surface area contributed by atoms with E-state index in [0.29, 0.717) is 12.5 Å². The zero-order valence-corrected chi connectivity index (χ0v) is 11.9. The van der Waals surface area contributed by atoms with Crippen LogP contribution < -0.4 is 5.32 Å². The van der Waals surface area contributed by atoms with Crippen LogP contribution in [0.2, 0.25) is 0 Å². The van der Waals surface area contributed by atoms with Crippen molar-refractivity contribution in [1.29, 1.82) is 0 Å². The van der Waals surface area contributed by atoms with Crippen LogP contribution in [-0.4, -0.2) is 37.5 Å². The fourth-order valence-corrected chi connectivity index (χ4v) is 2.79. The number of nitrogens with one attached hydrogen (secondary N) is 1. The molecule has 2 rings (SSSR count). The Labute approximate surface area is 116 Å². The summed E-state index contributed by atoms with van der Waals surface area (Å²) in [7, 11) is 3.66. The van der Waals surface area contributed by atoms with Gasteiger partial charge in [0.25, 0.3) is 0 Å². The third kappa shape index (κ3) is 3.80. The number of benzene rings is 1. The lowest BCUT2D eigenvalue weighted by Crippen LogP contribution is -2.40. The van der Waals surface area contributed by atoms with Crippen LogP contribution in [0.4, 0.5) is 0 Å². The van der Waals surface area contributed by atoms with Crippen LogP contribution in [0.1, 0.15) is 37.2 Å². The van der Waals surface area contributed by atoms with Crippen LogP contribution in [0.15, 0.2) is 30.3 Å². The molecule has 0 aliphatic carbocycles. The Morgan fingerprint density at radius 3 is 2.63 bits per heavy atom. The number of rotatable bonds is 4. The minimum Gasteiger partial charge on any atom is -0.349 e. The summed E-state index contributed by atoms with van der Waals surface area (Å²) in [4.78, 5) is 13.8.